The Hall–Kier alpha value is -2.92. The zero-order valence-corrected chi connectivity index (χ0v) is 18.8. The smallest absolute Gasteiger partial charge is 0.231 e. The highest BCUT2D eigenvalue weighted by molar-refractivity contribution is 6.30. The van der Waals surface area contributed by atoms with Crippen molar-refractivity contribution in [3.8, 4) is 17.2 Å². The van der Waals surface area contributed by atoms with E-state index in [0.29, 0.717) is 13.2 Å². The van der Waals surface area contributed by atoms with Gasteiger partial charge in [0, 0.05) is 23.7 Å². The predicted molar refractivity (Wildman–Crippen MR) is 123 cm³/mol. The molecule has 0 aliphatic carbocycles. The molecule has 1 aliphatic heterocycles. The molecule has 0 atom stereocenters. The van der Waals surface area contributed by atoms with Crippen LogP contribution in [0, 0.1) is 0 Å². The fourth-order valence-electron chi connectivity index (χ4n) is 3.76. The summed E-state index contributed by atoms with van der Waals surface area (Å²) >= 11 is 5.99. The number of nitrogens with one attached hydrogen (secondary N) is 1. The molecule has 1 N–H and O–H groups in total. The second-order valence-electron chi connectivity index (χ2n) is 7.47. The molecule has 0 saturated heterocycles. The zero-order valence-electron chi connectivity index (χ0n) is 17.3. The fourth-order valence-corrected chi connectivity index (χ4v) is 3.88. The highest BCUT2D eigenvalue weighted by atomic mass is 35.5. The minimum atomic E-state index is 0. The summed E-state index contributed by atoms with van der Waals surface area (Å²) in [5.74, 6) is 2.49. The molecule has 164 valence electrons. The maximum atomic E-state index is 6.21. The Morgan fingerprint density at radius 3 is 2.47 bits per heavy atom. The van der Waals surface area contributed by atoms with Crippen LogP contribution in [0.15, 0.2) is 78.9 Å². The average Bonchev–Trinajstić information content (AvgIpc) is 3.27. The second-order valence-corrected chi connectivity index (χ2v) is 7.91. The number of ether oxygens (including phenoxy) is 3. The van der Waals surface area contributed by atoms with Crippen molar-refractivity contribution >= 4 is 22.4 Å². The topological polar surface area (TPSA) is 39.7 Å². The number of hydrogen-bond acceptors (Lipinski definition) is 4. The van der Waals surface area contributed by atoms with Crippen molar-refractivity contribution < 1.29 is 26.6 Å². The number of halogens is 2. The van der Waals surface area contributed by atoms with Crippen LogP contribution in [0.3, 0.4) is 0 Å². The van der Waals surface area contributed by atoms with E-state index in [4.69, 9.17) is 25.8 Å². The molecule has 6 heteroatoms. The molecule has 5 rings (SSSR count). The molecule has 0 saturated carbocycles. The quantitative estimate of drug-likeness (QED) is 0.454. The van der Waals surface area contributed by atoms with Crippen LogP contribution in [0.1, 0.15) is 16.7 Å². The summed E-state index contributed by atoms with van der Waals surface area (Å²) in [6.07, 6.45) is 0. The molecule has 0 spiro atoms. The summed E-state index contributed by atoms with van der Waals surface area (Å²) in [4.78, 5) is 0. The molecular formula is C26H22Cl2NO3-. The first kappa shape index (κ1) is 22.3. The Bertz CT molecular complexity index is 1210. The highest BCUT2D eigenvalue weighted by Gasteiger charge is 2.14. The second kappa shape index (κ2) is 10.1. The van der Waals surface area contributed by atoms with Gasteiger partial charge in [-0.15, -0.1) is 0 Å². The molecule has 0 fully saturated rings. The lowest BCUT2D eigenvalue weighted by molar-refractivity contribution is -0.00000789. The fraction of sp³-hybridized carbons (Fsp3) is 0.154. The number of benzene rings is 4. The van der Waals surface area contributed by atoms with Crippen molar-refractivity contribution in [3.05, 3.63) is 101 Å². The van der Waals surface area contributed by atoms with Gasteiger partial charge in [0.2, 0.25) is 6.79 Å². The van der Waals surface area contributed by atoms with Crippen LogP contribution in [0.4, 0.5) is 0 Å². The van der Waals surface area contributed by atoms with Gasteiger partial charge in [0.15, 0.2) is 11.5 Å². The summed E-state index contributed by atoms with van der Waals surface area (Å²) in [7, 11) is 0. The molecule has 0 aromatic heterocycles. The lowest BCUT2D eigenvalue weighted by Crippen LogP contribution is -3.00. The number of fused-ring (bicyclic) bond motifs is 2. The maximum absolute atomic E-state index is 6.21. The van der Waals surface area contributed by atoms with Gasteiger partial charge in [-0.25, -0.2) is 0 Å². The third-order valence-corrected chi connectivity index (χ3v) is 5.63. The predicted octanol–water partition coefficient (Wildman–Crippen LogP) is 3.09. The van der Waals surface area contributed by atoms with Gasteiger partial charge in [0.25, 0.3) is 0 Å². The summed E-state index contributed by atoms with van der Waals surface area (Å²) in [5, 5.41) is 6.66. The van der Waals surface area contributed by atoms with Gasteiger partial charge in [-0.3, -0.25) is 0 Å². The van der Waals surface area contributed by atoms with Crippen LogP contribution >= 0.6 is 11.6 Å². The molecule has 0 amide bonds. The zero-order chi connectivity index (χ0) is 21.0. The van der Waals surface area contributed by atoms with Gasteiger partial charge in [-0.05, 0) is 52.2 Å². The largest absolute Gasteiger partial charge is 1.00 e. The van der Waals surface area contributed by atoms with Crippen LogP contribution in [0.25, 0.3) is 10.8 Å². The first-order valence-corrected chi connectivity index (χ1v) is 10.6. The molecular weight excluding hydrogens is 445 g/mol. The van der Waals surface area contributed by atoms with E-state index in [1.54, 1.807) is 0 Å². The van der Waals surface area contributed by atoms with E-state index < -0.39 is 0 Å². The normalized spacial score (nSPS) is 11.9. The Morgan fingerprint density at radius 1 is 0.812 bits per heavy atom. The molecule has 0 unspecified atom stereocenters. The first-order chi connectivity index (χ1) is 15.3. The Morgan fingerprint density at radius 2 is 1.59 bits per heavy atom. The molecule has 4 nitrogen and oxygen atoms in total. The van der Waals surface area contributed by atoms with Gasteiger partial charge in [0.05, 0.1) is 0 Å². The Balaban J connectivity index is 0.00000245. The minimum absolute atomic E-state index is 0. The van der Waals surface area contributed by atoms with Crippen LogP contribution in [0.2, 0.25) is 5.02 Å². The van der Waals surface area contributed by atoms with Crippen molar-refractivity contribution in [1.29, 1.82) is 0 Å². The maximum Gasteiger partial charge on any atom is 0.231 e. The number of rotatable bonds is 7. The molecule has 32 heavy (non-hydrogen) atoms. The van der Waals surface area contributed by atoms with Crippen molar-refractivity contribution in [2.75, 3.05) is 6.79 Å². The van der Waals surface area contributed by atoms with Crippen LogP contribution in [-0.4, -0.2) is 6.79 Å². The van der Waals surface area contributed by atoms with E-state index >= 15 is 0 Å². The van der Waals surface area contributed by atoms with Gasteiger partial charge in [0.1, 0.15) is 12.4 Å². The standard InChI is InChI=1S/C26H22ClNO3.ClH/c27-21-9-5-18(6-10-21)16-29-24-12-8-20-3-1-2-4-22(20)23(24)15-28-14-19-7-11-25-26(13-19)31-17-30-25;/h1-13,28H,14-17H2;1H/p-1. The summed E-state index contributed by atoms with van der Waals surface area (Å²) < 4.78 is 17.1. The lowest BCUT2D eigenvalue weighted by atomic mass is 10.0. The van der Waals surface area contributed by atoms with Gasteiger partial charge >= 0.3 is 0 Å². The molecule has 1 heterocycles. The third-order valence-electron chi connectivity index (χ3n) is 5.37. The number of hydrogen-bond donors (Lipinski definition) is 1. The van der Waals surface area contributed by atoms with Gasteiger partial charge in [-0.2, -0.15) is 0 Å². The Kier molecular flexibility index (Phi) is 7.05. The minimum Gasteiger partial charge on any atom is -1.00 e. The molecule has 0 radical (unpaired) electrons. The average molecular weight is 467 g/mol. The monoisotopic (exact) mass is 466 g/mol. The summed E-state index contributed by atoms with van der Waals surface area (Å²) in [6, 6.07) is 26.3. The van der Waals surface area contributed by atoms with E-state index in [2.05, 4.69) is 47.8 Å². The molecule has 4 aromatic carbocycles. The van der Waals surface area contributed by atoms with Crippen molar-refractivity contribution in [2.24, 2.45) is 0 Å². The van der Waals surface area contributed by atoms with E-state index in [-0.39, 0.29) is 19.2 Å². The highest BCUT2D eigenvalue weighted by Crippen LogP contribution is 2.33. The summed E-state index contributed by atoms with van der Waals surface area (Å²) in [5.41, 5.74) is 3.37. The van der Waals surface area contributed by atoms with E-state index in [1.165, 1.54) is 10.8 Å². The van der Waals surface area contributed by atoms with Gasteiger partial charge in [-0.1, -0.05) is 60.1 Å². The van der Waals surface area contributed by atoms with E-state index in [9.17, 15) is 0 Å². The molecule has 0 bridgehead atoms. The molecule has 1 aliphatic rings. The van der Waals surface area contributed by atoms with E-state index in [1.807, 2.05) is 36.4 Å². The first-order valence-electron chi connectivity index (χ1n) is 10.2. The third kappa shape index (κ3) is 4.94. The van der Waals surface area contributed by atoms with Crippen LogP contribution < -0.4 is 31.9 Å². The van der Waals surface area contributed by atoms with Gasteiger partial charge < -0.3 is 31.9 Å². The lowest BCUT2D eigenvalue weighted by Gasteiger charge is -2.15. The SMILES string of the molecule is Clc1ccc(COc2ccc3ccccc3c2CNCc2ccc3c(c2)OCO3)cc1.[Cl-]. The summed E-state index contributed by atoms with van der Waals surface area (Å²) in [6.45, 7) is 2.18. The van der Waals surface area contributed by atoms with Crippen molar-refractivity contribution in [3.63, 3.8) is 0 Å². The van der Waals surface area contributed by atoms with Crippen LogP contribution in [0.5, 0.6) is 17.2 Å². The van der Waals surface area contributed by atoms with Crippen molar-refractivity contribution in [2.45, 2.75) is 19.7 Å². The van der Waals surface area contributed by atoms with Crippen molar-refractivity contribution in [1.82, 2.24) is 5.32 Å². The Labute approximate surface area is 198 Å². The van der Waals surface area contributed by atoms with Crippen LogP contribution in [-0.2, 0) is 19.7 Å². The molecule has 4 aromatic rings. The van der Waals surface area contributed by atoms with E-state index in [0.717, 1.165) is 45.5 Å².